The lowest BCUT2D eigenvalue weighted by molar-refractivity contribution is -0.118. The third-order valence-electron chi connectivity index (χ3n) is 3.91. The van der Waals surface area contributed by atoms with Gasteiger partial charge < -0.3 is 24.5 Å². The van der Waals surface area contributed by atoms with Crippen molar-refractivity contribution < 1.29 is 19.0 Å². The average molecular weight is 416 g/mol. The van der Waals surface area contributed by atoms with Crippen molar-refractivity contribution in [3.05, 3.63) is 42.5 Å². The minimum Gasteiger partial charge on any atom is -0.494 e. The number of fused-ring (bicyclic) bond motifs is 1. The van der Waals surface area contributed by atoms with E-state index in [4.69, 9.17) is 14.2 Å². The fraction of sp³-hybridized carbons (Fsp3) is 0.333. The third kappa shape index (κ3) is 6.32. The molecule has 8 heteroatoms. The predicted molar refractivity (Wildman–Crippen MR) is 114 cm³/mol. The molecule has 0 radical (unpaired) electrons. The molecule has 7 nitrogen and oxygen atoms in total. The number of amides is 1. The zero-order valence-corrected chi connectivity index (χ0v) is 17.4. The van der Waals surface area contributed by atoms with Crippen molar-refractivity contribution in [3.63, 3.8) is 0 Å². The van der Waals surface area contributed by atoms with Gasteiger partial charge in [-0.15, -0.1) is 0 Å². The van der Waals surface area contributed by atoms with Crippen LogP contribution in [0.15, 0.2) is 47.6 Å². The molecule has 3 aromatic rings. The van der Waals surface area contributed by atoms with Gasteiger partial charge in [0.2, 0.25) is 5.91 Å². The Morgan fingerprint density at radius 2 is 1.66 bits per heavy atom. The molecular weight excluding hydrogens is 390 g/mol. The third-order valence-corrected chi connectivity index (χ3v) is 4.78. The van der Waals surface area contributed by atoms with Gasteiger partial charge in [0.05, 0.1) is 36.5 Å². The summed E-state index contributed by atoms with van der Waals surface area (Å²) in [5.74, 6) is 2.56. The van der Waals surface area contributed by atoms with Crippen molar-refractivity contribution in [2.24, 2.45) is 0 Å². The highest BCUT2D eigenvalue weighted by molar-refractivity contribution is 7.99. The monoisotopic (exact) mass is 415 g/mol. The quantitative estimate of drug-likeness (QED) is 0.367. The van der Waals surface area contributed by atoms with E-state index in [0.29, 0.717) is 31.5 Å². The summed E-state index contributed by atoms with van der Waals surface area (Å²) in [6.07, 6.45) is 0. The Bertz CT molecular complexity index is 927. The van der Waals surface area contributed by atoms with Crippen LogP contribution in [0.2, 0.25) is 0 Å². The lowest BCUT2D eigenvalue weighted by Crippen LogP contribution is -2.29. The molecule has 0 unspecified atom stereocenters. The summed E-state index contributed by atoms with van der Waals surface area (Å²) in [6.45, 7) is 5.97. The van der Waals surface area contributed by atoms with Crippen LogP contribution in [0.25, 0.3) is 11.0 Å². The number of imidazole rings is 1. The van der Waals surface area contributed by atoms with Crippen LogP contribution in [0.5, 0.6) is 17.2 Å². The molecule has 0 aliphatic heterocycles. The number of aromatic amines is 1. The van der Waals surface area contributed by atoms with Crippen molar-refractivity contribution in [1.82, 2.24) is 15.3 Å². The summed E-state index contributed by atoms with van der Waals surface area (Å²) in [5.41, 5.74) is 1.74. The zero-order valence-electron chi connectivity index (χ0n) is 16.6. The van der Waals surface area contributed by atoms with Crippen molar-refractivity contribution >= 4 is 28.7 Å². The van der Waals surface area contributed by atoms with E-state index in [9.17, 15) is 4.79 Å². The first-order valence-electron chi connectivity index (χ1n) is 9.55. The Hall–Kier alpha value is -2.87. The maximum absolute atomic E-state index is 12.0. The van der Waals surface area contributed by atoms with Crippen molar-refractivity contribution in [3.8, 4) is 17.2 Å². The number of hydrogen-bond donors (Lipinski definition) is 2. The Labute approximate surface area is 174 Å². The summed E-state index contributed by atoms with van der Waals surface area (Å²) in [6, 6.07) is 13.1. The maximum Gasteiger partial charge on any atom is 0.230 e. The van der Waals surface area contributed by atoms with Crippen LogP contribution in [-0.4, -0.2) is 48.0 Å². The molecule has 0 fully saturated rings. The Morgan fingerprint density at radius 1 is 1.00 bits per heavy atom. The number of thioether (sulfide) groups is 1. The molecule has 29 heavy (non-hydrogen) atoms. The van der Waals surface area contributed by atoms with Gasteiger partial charge in [0.15, 0.2) is 5.16 Å². The van der Waals surface area contributed by atoms with Gasteiger partial charge in [0.25, 0.3) is 0 Å². The molecular formula is C21H25N3O4S. The predicted octanol–water partition coefficient (Wildman–Crippen LogP) is 3.65. The number of aromatic nitrogens is 2. The van der Waals surface area contributed by atoms with E-state index in [0.717, 1.165) is 28.3 Å². The minimum atomic E-state index is -0.0687. The van der Waals surface area contributed by atoms with E-state index in [1.54, 1.807) is 0 Å². The fourth-order valence-electron chi connectivity index (χ4n) is 2.63. The van der Waals surface area contributed by atoms with Crippen LogP contribution >= 0.6 is 11.8 Å². The van der Waals surface area contributed by atoms with E-state index in [2.05, 4.69) is 15.3 Å². The first-order valence-corrected chi connectivity index (χ1v) is 10.5. The van der Waals surface area contributed by atoms with Crippen LogP contribution in [0, 0.1) is 0 Å². The van der Waals surface area contributed by atoms with Crippen LogP contribution in [0.3, 0.4) is 0 Å². The van der Waals surface area contributed by atoms with Gasteiger partial charge in [-0.25, -0.2) is 4.98 Å². The number of rotatable bonds is 11. The first-order chi connectivity index (χ1) is 14.2. The highest BCUT2D eigenvalue weighted by Crippen LogP contribution is 2.23. The summed E-state index contributed by atoms with van der Waals surface area (Å²) in [7, 11) is 0. The molecule has 0 atom stereocenters. The number of H-pyrrole nitrogens is 1. The minimum absolute atomic E-state index is 0.0687. The SMILES string of the molecule is CCOc1ccc(OCCNC(=O)CSc2nc3ccc(OCC)cc3[nH]2)cc1. The second kappa shape index (κ2) is 10.6. The maximum atomic E-state index is 12.0. The van der Waals surface area contributed by atoms with Gasteiger partial charge in [-0.2, -0.15) is 0 Å². The molecule has 0 spiro atoms. The van der Waals surface area contributed by atoms with E-state index in [1.165, 1.54) is 11.8 Å². The molecule has 2 aromatic carbocycles. The summed E-state index contributed by atoms with van der Waals surface area (Å²) < 4.78 is 16.5. The Kier molecular flexibility index (Phi) is 7.63. The Balaban J connectivity index is 1.38. The fourth-order valence-corrected chi connectivity index (χ4v) is 3.35. The topological polar surface area (TPSA) is 85.5 Å². The molecule has 1 heterocycles. The average Bonchev–Trinajstić information content (AvgIpc) is 3.13. The molecule has 2 N–H and O–H groups in total. The summed E-state index contributed by atoms with van der Waals surface area (Å²) in [4.78, 5) is 19.7. The van der Waals surface area contributed by atoms with Gasteiger partial charge in [-0.3, -0.25) is 4.79 Å². The van der Waals surface area contributed by atoms with Gasteiger partial charge in [0, 0.05) is 6.07 Å². The first kappa shape index (κ1) is 20.9. The van der Waals surface area contributed by atoms with E-state index in [-0.39, 0.29) is 11.7 Å². The standard InChI is InChI=1S/C21H25N3O4S/c1-3-26-15-5-7-16(8-6-15)28-12-11-22-20(25)14-29-21-23-18-10-9-17(27-4-2)13-19(18)24-21/h5-10,13H,3-4,11-12,14H2,1-2H3,(H,22,25)(H,23,24). The number of benzene rings is 2. The number of carbonyl (C=O) groups is 1. The van der Waals surface area contributed by atoms with E-state index >= 15 is 0 Å². The highest BCUT2D eigenvalue weighted by Gasteiger charge is 2.08. The molecule has 154 valence electrons. The number of nitrogens with one attached hydrogen (secondary N) is 2. The normalized spacial score (nSPS) is 10.7. The molecule has 0 saturated carbocycles. The van der Waals surface area contributed by atoms with Gasteiger partial charge >= 0.3 is 0 Å². The molecule has 1 aromatic heterocycles. The summed E-state index contributed by atoms with van der Waals surface area (Å²) in [5, 5.41) is 3.55. The van der Waals surface area contributed by atoms with Crippen molar-refractivity contribution in [2.45, 2.75) is 19.0 Å². The molecule has 0 bridgehead atoms. The Morgan fingerprint density at radius 3 is 2.38 bits per heavy atom. The molecule has 0 saturated heterocycles. The van der Waals surface area contributed by atoms with Gasteiger partial charge in [-0.1, -0.05) is 11.8 Å². The van der Waals surface area contributed by atoms with Crippen LogP contribution in [0.1, 0.15) is 13.8 Å². The molecule has 1 amide bonds. The number of ether oxygens (including phenoxy) is 3. The molecule has 0 aliphatic carbocycles. The smallest absolute Gasteiger partial charge is 0.230 e. The number of hydrogen-bond acceptors (Lipinski definition) is 6. The van der Waals surface area contributed by atoms with Crippen LogP contribution < -0.4 is 19.5 Å². The number of carbonyl (C=O) groups excluding carboxylic acids is 1. The molecule has 3 rings (SSSR count). The lowest BCUT2D eigenvalue weighted by atomic mass is 10.3. The van der Waals surface area contributed by atoms with Crippen molar-refractivity contribution in [2.75, 3.05) is 32.1 Å². The second-order valence-corrected chi connectivity index (χ2v) is 7.01. The largest absolute Gasteiger partial charge is 0.494 e. The van der Waals surface area contributed by atoms with Crippen molar-refractivity contribution in [1.29, 1.82) is 0 Å². The van der Waals surface area contributed by atoms with E-state index < -0.39 is 0 Å². The lowest BCUT2D eigenvalue weighted by Gasteiger charge is -2.08. The van der Waals surface area contributed by atoms with Crippen LogP contribution in [0.4, 0.5) is 0 Å². The van der Waals surface area contributed by atoms with Gasteiger partial charge in [-0.05, 0) is 50.2 Å². The number of nitrogens with zero attached hydrogens (tertiary/aromatic N) is 1. The van der Waals surface area contributed by atoms with Gasteiger partial charge in [0.1, 0.15) is 23.9 Å². The summed E-state index contributed by atoms with van der Waals surface area (Å²) >= 11 is 1.36. The second-order valence-electron chi connectivity index (χ2n) is 6.05. The van der Waals surface area contributed by atoms with Crippen LogP contribution in [-0.2, 0) is 4.79 Å². The van der Waals surface area contributed by atoms with E-state index in [1.807, 2.05) is 56.3 Å². The highest BCUT2D eigenvalue weighted by atomic mass is 32.2. The molecule has 0 aliphatic rings. The zero-order chi connectivity index (χ0) is 20.5.